The smallest absolute Gasteiger partial charge is 0.226 e. The van der Waals surface area contributed by atoms with E-state index in [2.05, 4.69) is 35.8 Å². The Morgan fingerprint density at radius 3 is 2.31 bits per heavy atom. The summed E-state index contributed by atoms with van der Waals surface area (Å²) in [6, 6.07) is 8.27. The van der Waals surface area contributed by atoms with E-state index < -0.39 is 0 Å². The second kappa shape index (κ2) is 10.3. The molecule has 2 aliphatic heterocycles. The number of benzene rings is 1. The lowest BCUT2D eigenvalue weighted by Crippen LogP contribution is -2.45. The van der Waals surface area contributed by atoms with Gasteiger partial charge in [-0.2, -0.15) is 0 Å². The number of amides is 1. The maximum Gasteiger partial charge on any atom is 0.226 e. The van der Waals surface area contributed by atoms with Gasteiger partial charge in [-0.3, -0.25) is 4.79 Å². The molecule has 6 nitrogen and oxygen atoms in total. The Bertz CT molecular complexity index is 641. The lowest BCUT2D eigenvalue weighted by molar-refractivity contribution is -0.137. The van der Waals surface area contributed by atoms with E-state index in [1.165, 1.54) is 0 Å². The van der Waals surface area contributed by atoms with Crippen molar-refractivity contribution < 1.29 is 14.3 Å². The Balaban J connectivity index is 1.44. The van der Waals surface area contributed by atoms with Crippen LogP contribution in [0.2, 0.25) is 0 Å². The number of carbonyl (C=O) groups excluding carboxylic acids is 1. The molecule has 0 N–H and O–H groups in total. The predicted molar refractivity (Wildman–Crippen MR) is 115 cm³/mol. The third kappa shape index (κ3) is 6.09. The molecule has 3 rings (SSSR count). The van der Waals surface area contributed by atoms with E-state index in [1.54, 1.807) is 7.11 Å². The molecular formula is C23H37N3O3. The Kier molecular flexibility index (Phi) is 7.78. The van der Waals surface area contributed by atoms with Gasteiger partial charge < -0.3 is 24.2 Å². The summed E-state index contributed by atoms with van der Waals surface area (Å²) in [5, 5.41) is 0. The monoisotopic (exact) mass is 403 g/mol. The summed E-state index contributed by atoms with van der Waals surface area (Å²) in [6.45, 7) is 4.34. The van der Waals surface area contributed by atoms with Crippen LogP contribution >= 0.6 is 0 Å². The third-order valence-electron chi connectivity index (χ3n) is 6.45. The summed E-state index contributed by atoms with van der Waals surface area (Å²) in [7, 11) is 8.09. The molecule has 0 saturated carbocycles. The molecule has 29 heavy (non-hydrogen) atoms. The van der Waals surface area contributed by atoms with Crippen LogP contribution in [-0.2, 0) is 4.79 Å². The number of ether oxygens (including phenoxy) is 2. The normalized spacial score (nSPS) is 24.4. The number of nitrogens with zero attached hydrogens (tertiary/aromatic N) is 3. The van der Waals surface area contributed by atoms with Crippen molar-refractivity contribution in [2.24, 2.45) is 11.8 Å². The van der Waals surface area contributed by atoms with E-state index in [0.29, 0.717) is 24.5 Å². The summed E-state index contributed by atoms with van der Waals surface area (Å²) < 4.78 is 11.1. The van der Waals surface area contributed by atoms with Crippen molar-refractivity contribution in [1.29, 1.82) is 0 Å². The minimum Gasteiger partial charge on any atom is -0.497 e. The number of rotatable bonds is 6. The highest BCUT2D eigenvalue weighted by molar-refractivity contribution is 5.79. The summed E-state index contributed by atoms with van der Waals surface area (Å²) in [4.78, 5) is 19.8. The molecule has 2 saturated heterocycles. The van der Waals surface area contributed by atoms with Gasteiger partial charge in [0.15, 0.2) is 0 Å². The molecule has 2 atom stereocenters. The topological polar surface area (TPSA) is 45.3 Å². The fourth-order valence-electron chi connectivity index (χ4n) is 4.47. The van der Waals surface area contributed by atoms with Crippen molar-refractivity contribution >= 4 is 5.91 Å². The van der Waals surface area contributed by atoms with Crippen molar-refractivity contribution in [2.45, 2.75) is 31.7 Å². The van der Waals surface area contributed by atoms with Crippen molar-refractivity contribution in [1.82, 2.24) is 14.7 Å². The van der Waals surface area contributed by atoms with Gasteiger partial charge in [-0.25, -0.2) is 0 Å². The minimum atomic E-state index is 0.136. The van der Waals surface area contributed by atoms with Crippen LogP contribution in [0.4, 0.5) is 0 Å². The summed E-state index contributed by atoms with van der Waals surface area (Å²) in [5.74, 6) is 2.71. The third-order valence-corrected chi connectivity index (χ3v) is 6.45. The number of methoxy groups -OCH3 is 1. The highest BCUT2D eigenvalue weighted by Crippen LogP contribution is 2.25. The molecule has 2 aliphatic rings. The molecular weight excluding hydrogens is 366 g/mol. The van der Waals surface area contributed by atoms with Crippen molar-refractivity contribution in [3.63, 3.8) is 0 Å². The summed E-state index contributed by atoms with van der Waals surface area (Å²) in [5.41, 5.74) is 0. The van der Waals surface area contributed by atoms with Gasteiger partial charge in [-0.05, 0) is 77.0 Å². The number of hydrogen-bond acceptors (Lipinski definition) is 5. The average molecular weight is 404 g/mol. The highest BCUT2D eigenvalue weighted by atomic mass is 16.5. The van der Waals surface area contributed by atoms with Crippen LogP contribution in [0, 0.1) is 11.8 Å². The van der Waals surface area contributed by atoms with Crippen molar-refractivity contribution in [3.05, 3.63) is 24.3 Å². The van der Waals surface area contributed by atoms with Crippen LogP contribution in [0.1, 0.15) is 25.7 Å². The molecule has 0 spiro atoms. The zero-order chi connectivity index (χ0) is 20.8. The minimum absolute atomic E-state index is 0.136. The highest BCUT2D eigenvalue weighted by Gasteiger charge is 2.32. The second-order valence-corrected chi connectivity index (χ2v) is 8.87. The standard InChI is InChI=1S/C23H37N3O3/c1-24(2)20-6-5-19(15-25(3)16-20)23(27)26-13-11-18(12-14-26)17-29-22-9-7-21(28-4)8-10-22/h7-10,18-20H,5-6,11-17H2,1-4H3/t19-,20+/m1/s1. The van der Waals surface area contributed by atoms with Gasteiger partial charge in [0, 0.05) is 32.2 Å². The molecule has 6 heteroatoms. The lowest BCUT2D eigenvalue weighted by Gasteiger charge is -2.34. The van der Waals surface area contributed by atoms with E-state index in [-0.39, 0.29) is 5.92 Å². The van der Waals surface area contributed by atoms with Gasteiger partial charge in [0.2, 0.25) is 5.91 Å². The first-order valence-electron chi connectivity index (χ1n) is 10.9. The van der Waals surface area contributed by atoms with E-state index >= 15 is 0 Å². The Hall–Kier alpha value is -1.79. The first-order valence-corrected chi connectivity index (χ1v) is 10.9. The maximum atomic E-state index is 13.1. The van der Waals surface area contributed by atoms with E-state index in [0.717, 1.165) is 63.4 Å². The van der Waals surface area contributed by atoms with Crippen LogP contribution in [0.25, 0.3) is 0 Å². The van der Waals surface area contributed by atoms with E-state index in [1.807, 2.05) is 24.3 Å². The van der Waals surface area contributed by atoms with Gasteiger partial charge in [0.25, 0.3) is 0 Å². The maximum absolute atomic E-state index is 13.1. The van der Waals surface area contributed by atoms with E-state index in [9.17, 15) is 4.79 Å². The number of carbonyl (C=O) groups is 1. The van der Waals surface area contributed by atoms with Crippen LogP contribution in [0.5, 0.6) is 11.5 Å². The number of piperidine rings is 1. The molecule has 0 radical (unpaired) electrons. The van der Waals surface area contributed by atoms with Gasteiger partial charge >= 0.3 is 0 Å². The Morgan fingerprint density at radius 2 is 1.69 bits per heavy atom. The molecule has 0 aliphatic carbocycles. The van der Waals surface area contributed by atoms with Gasteiger partial charge in [-0.15, -0.1) is 0 Å². The Morgan fingerprint density at radius 1 is 1.03 bits per heavy atom. The largest absolute Gasteiger partial charge is 0.497 e. The first kappa shape index (κ1) is 21.9. The van der Waals surface area contributed by atoms with Gasteiger partial charge in [0.05, 0.1) is 19.6 Å². The SMILES string of the molecule is COc1ccc(OCC2CCN(C(=O)[C@@H]3CC[C@H](N(C)C)CN(C)C3)CC2)cc1. The summed E-state index contributed by atoms with van der Waals surface area (Å²) >= 11 is 0. The zero-order valence-electron chi connectivity index (χ0n) is 18.5. The molecule has 0 unspecified atom stereocenters. The molecule has 162 valence electrons. The number of likely N-dealkylation sites (N-methyl/N-ethyl adjacent to an activating group) is 2. The average Bonchev–Trinajstić information content (AvgIpc) is 2.94. The van der Waals surface area contributed by atoms with Crippen LogP contribution in [-0.4, -0.2) is 87.7 Å². The molecule has 1 aromatic rings. The fraction of sp³-hybridized carbons (Fsp3) is 0.696. The lowest BCUT2D eigenvalue weighted by atomic mass is 9.94. The zero-order valence-corrected chi connectivity index (χ0v) is 18.5. The fourth-order valence-corrected chi connectivity index (χ4v) is 4.47. The van der Waals surface area contributed by atoms with Crippen LogP contribution < -0.4 is 9.47 Å². The molecule has 2 heterocycles. The number of hydrogen-bond donors (Lipinski definition) is 0. The van der Waals surface area contributed by atoms with Crippen molar-refractivity contribution in [3.8, 4) is 11.5 Å². The van der Waals surface area contributed by atoms with Crippen molar-refractivity contribution in [2.75, 3.05) is 61.0 Å². The molecule has 0 aromatic heterocycles. The van der Waals surface area contributed by atoms with E-state index in [4.69, 9.17) is 9.47 Å². The van der Waals surface area contributed by atoms with Crippen LogP contribution in [0.3, 0.4) is 0 Å². The molecule has 2 fully saturated rings. The first-order chi connectivity index (χ1) is 14.0. The quantitative estimate of drug-likeness (QED) is 0.731. The molecule has 1 amide bonds. The second-order valence-electron chi connectivity index (χ2n) is 8.87. The van der Waals surface area contributed by atoms with Gasteiger partial charge in [-0.1, -0.05) is 0 Å². The van der Waals surface area contributed by atoms with Crippen LogP contribution in [0.15, 0.2) is 24.3 Å². The predicted octanol–water partition coefficient (Wildman–Crippen LogP) is 2.58. The van der Waals surface area contributed by atoms with Gasteiger partial charge in [0.1, 0.15) is 11.5 Å². The molecule has 1 aromatic carbocycles. The molecule has 0 bridgehead atoms. The Labute approximate surface area is 175 Å². The summed E-state index contributed by atoms with van der Waals surface area (Å²) in [6.07, 6.45) is 4.13. The number of likely N-dealkylation sites (tertiary alicyclic amines) is 2.